The molecule has 29 heavy (non-hydrogen) atoms. The Balaban J connectivity index is 1.44. The molecule has 0 radical (unpaired) electrons. The van der Waals surface area contributed by atoms with Crippen LogP contribution in [0.4, 0.5) is 4.39 Å². The van der Waals surface area contributed by atoms with Gasteiger partial charge in [-0.1, -0.05) is 12.1 Å². The Labute approximate surface area is 172 Å². The highest BCUT2D eigenvalue weighted by atomic mass is 19.1. The first-order chi connectivity index (χ1) is 13.7. The summed E-state index contributed by atoms with van der Waals surface area (Å²) in [5, 5.41) is 4.72. The summed E-state index contributed by atoms with van der Waals surface area (Å²) < 4.78 is 15.2. The number of nitrogens with zero attached hydrogens (tertiary/aromatic N) is 4. The van der Waals surface area contributed by atoms with Crippen LogP contribution in [0.15, 0.2) is 30.3 Å². The lowest BCUT2D eigenvalue weighted by Gasteiger charge is -2.39. The predicted octanol–water partition coefficient (Wildman–Crippen LogP) is 4.00. The van der Waals surface area contributed by atoms with Crippen LogP contribution in [0.5, 0.6) is 0 Å². The van der Waals surface area contributed by atoms with Gasteiger partial charge in [0.2, 0.25) is 0 Å². The van der Waals surface area contributed by atoms with E-state index in [1.165, 1.54) is 30.7 Å². The molecule has 1 aliphatic heterocycles. The topological polar surface area (TPSA) is 41.4 Å². The van der Waals surface area contributed by atoms with Crippen molar-refractivity contribution in [2.75, 3.05) is 19.6 Å². The molecule has 1 amide bonds. The Morgan fingerprint density at radius 1 is 1.17 bits per heavy atom. The SMILES string of the molecule is CC1CN(Cc2ccc(F)cc2)CCN1C(=O)c1cc(C2CC2)n(C(C)(C)C)n1. The van der Waals surface area contributed by atoms with Gasteiger partial charge >= 0.3 is 0 Å². The molecule has 2 fully saturated rings. The molecule has 1 saturated heterocycles. The minimum Gasteiger partial charge on any atom is -0.332 e. The van der Waals surface area contributed by atoms with Crippen LogP contribution < -0.4 is 0 Å². The van der Waals surface area contributed by atoms with Gasteiger partial charge in [-0.25, -0.2) is 4.39 Å². The van der Waals surface area contributed by atoms with Crippen molar-refractivity contribution in [3.8, 4) is 0 Å². The monoisotopic (exact) mass is 398 g/mol. The number of carbonyl (C=O) groups is 1. The van der Waals surface area contributed by atoms with E-state index in [1.807, 2.05) is 27.8 Å². The Hall–Kier alpha value is -2.21. The second-order valence-corrected chi connectivity index (χ2v) is 9.52. The van der Waals surface area contributed by atoms with Crippen molar-refractivity contribution in [1.29, 1.82) is 0 Å². The van der Waals surface area contributed by atoms with Gasteiger partial charge in [0.25, 0.3) is 5.91 Å². The molecular weight excluding hydrogens is 367 g/mol. The van der Waals surface area contributed by atoms with Gasteiger partial charge in [-0.05, 0) is 64.3 Å². The van der Waals surface area contributed by atoms with Crippen molar-refractivity contribution >= 4 is 5.91 Å². The highest BCUT2D eigenvalue weighted by Crippen LogP contribution is 2.41. The van der Waals surface area contributed by atoms with E-state index in [2.05, 4.69) is 32.6 Å². The Morgan fingerprint density at radius 3 is 2.45 bits per heavy atom. The third kappa shape index (κ3) is 4.37. The zero-order chi connectivity index (χ0) is 20.8. The number of rotatable bonds is 4. The van der Waals surface area contributed by atoms with Crippen molar-refractivity contribution in [2.24, 2.45) is 0 Å². The molecule has 0 spiro atoms. The van der Waals surface area contributed by atoms with Crippen LogP contribution in [0.2, 0.25) is 0 Å². The second kappa shape index (κ2) is 7.56. The Morgan fingerprint density at radius 2 is 1.86 bits per heavy atom. The molecular formula is C23H31FN4O. The van der Waals surface area contributed by atoms with Crippen LogP contribution in [0.3, 0.4) is 0 Å². The second-order valence-electron chi connectivity index (χ2n) is 9.52. The van der Waals surface area contributed by atoms with E-state index < -0.39 is 0 Å². The van der Waals surface area contributed by atoms with E-state index in [0.717, 1.165) is 25.2 Å². The molecule has 2 aromatic rings. The average molecular weight is 399 g/mol. The molecule has 0 N–H and O–H groups in total. The molecule has 1 aromatic heterocycles. The van der Waals surface area contributed by atoms with E-state index in [4.69, 9.17) is 5.10 Å². The zero-order valence-electron chi connectivity index (χ0n) is 17.9. The molecule has 156 valence electrons. The Bertz CT molecular complexity index is 879. The highest BCUT2D eigenvalue weighted by molar-refractivity contribution is 5.92. The summed E-state index contributed by atoms with van der Waals surface area (Å²) in [5.74, 6) is 0.370. The third-order valence-electron chi connectivity index (χ3n) is 5.88. The van der Waals surface area contributed by atoms with Crippen LogP contribution in [-0.4, -0.2) is 51.2 Å². The predicted molar refractivity (Wildman–Crippen MR) is 111 cm³/mol. The lowest BCUT2D eigenvalue weighted by atomic mass is 10.1. The summed E-state index contributed by atoms with van der Waals surface area (Å²) in [7, 11) is 0. The molecule has 2 heterocycles. The third-order valence-corrected chi connectivity index (χ3v) is 5.88. The van der Waals surface area contributed by atoms with Crippen LogP contribution >= 0.6 is 0 Å². The first kappa shape index (κ1) is 20.1. The number of benzene rings is 1. The van der Waals surface area contributed by atoms with E-state index >= 15 is 0 Å². The molecule has 1 aromatic carbocycles. The number of carbonyl (C=O) groups excluding carboxylic acids is 1. The van der Waals surface area contributed by atoms with Crippen molar-refractivity contribution in [3.63, 3.8) is 0 Å². The maximum Gasteiger partial charge on any atom is 0.274 e. The number of amides is 1. The zero-order valence-corrected chi connectivity index (χ0v) is 17.9. The lowest BCUT2D eigenvalue weighted by molar-refractivity contribution is 0.0468. The van der Waals surface area contributed by atoms with Gasteiger partial charge < -0.3 is 4.90 Å². The minimum absolute atomic E-state index is 0.0313. The fourth-order valence-corrected chi connectivity index (χ4v) is 4.18. The van der Waals surface area contributed by atoms with Crippen molar-refractivity contribution in [1.82, 2.24) is 19.6 Å². The number of halogens is 1. The van der Waals surface area contributed by atoms with Crippen LogP contribution in [0.1, 0.15) is 68.2 Å². The fraction of sp³-hybridized carbons (Fsp3) is 0.565. The highest BCUT2D eigenvalue weighted by Gasteiger charge is 2.35. The van der Waals surface area contributed by atoms with E-state index in [1.54, 1.807) is 0 Å². The minimum atomic E-state index is -0.210. The van der Waals surface area contributed by atoms with Crippen LogP contribution in [0, 0.1) is 5.82 Å². The molecule has 1 aliphatic carbocycles. The molecule has 4 rings (SSSR count). The number of piperazine rings is 1. The molecule has 0 bridgehead atoms. The molecule has 1 saturated carbocycles. The maximum absolute atomic E-state index is 13.2. The first-order valence-corrected chi connectivity index (χ1v) is 10.6. The molecule has 1 unspecified atom stereocenters. The number of hydrogen-bond acceptors (Lipinski definition) is 3. The van der Waals surface area contributed by atoms with Gasteiger partial charge in [-0.3, -0.25) is 14.4 Å². The standard InChI is InChI=1S/C23H31FN4O/c1-16-14-26(15-17-5-9-19(24)10-6-17)11-12-27(16)22(29)20-13-21(18-7-8-18)28(25-20)23(2,3)4/h5-6,9-10,13,16,18H,7-8,11-12,14-15H2,1-4H3. The maximum atomic E-state index is 13.2. The molecule has 5 nitrogen and oxygen atoms in total. The summed E-state index contributed by atoms with van der Waals surface area (Å²) in [6.07, 6.45) is 2.38. The van der Waals surface area contributed by atoms with Crippen LogP contribution in [0.25, 0.3) is 0 Å². The first-order valence-electron chi connectivity index (χ1n) is 10.6. The van der Waals surface area contributed by atoms with E-state index in [0.29, 0.717) is 18.2 Å². The van der Waals surface area contributed by atoms with Gasteiger partial charge in [0.05, 0.1) is 5.54 Å². The van der Waals surface area contributed by atoms with Gasteiger partial charge in [0, 0.05) is 43.8 Å². The quantitative estimate of drug-likeness (QED) is 0.782. The van der Waals surface area contributed by atoms with Gasteiger partial charge in [0.15, 0.2) is 5.69 Å². The van der Waals surface area contributed by atoms with Crippen molar-refractivity contribution < 1.29 is 9.18 Å². The van der Waals surface area contributed by atoms with Gasteiger partial charge in [-0.15, -0.1) is 0 Å². The molecule has 6 heteroatoms. The summed E-state index contributed by atoms with van der Waals surface area (Å²) in [6, 6.07) is 8.79. The molecule has 2 aliphatic rings. The molecule has 1 atom stereocenters. The van der Waals surface area contributed by atoms with Gasteiger partial charge in [0.1, 0.15) is 5.82 Å². The van der Waals surface area contributed by atoms with Crippen LogP contribution in [-0.2, 0) is 12.1 Å². The summed E-state index contributed by atoms with van der Waals surface area (Å²) in [6.45, 7) is 11.6. The average Bonchev–Trinajstić information content (AvgIpc) is 3.40. The lowest BCUT2D eigenvalue weighted by Crippen LogP contribution is -2.53. The van der Waals surface area contributed by atoms with Crippen molar-refractivity contribution in [3.05, 3.63) is 53.1 Å². The largest absolute Gasteiger partial charge is 0.332 e. The van der Waals surface area contributed by atoms with E-state index in [9.17, 15) is 9.18 Å². The Kier molecular flexibility index (Phi) is 5.23. The normalized spacial score (nSPS) is 20.9. The number of aromatic nitrogens is 2. The van der Waals surface area contributed by atoms with Gasteiger partial charge in [-0.2, -0.15) is 5.10 Å². The smallest absolute Gasteiger partial charge is 0.274 e. The fourth-order valence-electron chi connectivity index (χ4n) is 4.18. The summed E-state index contributed by atoms with van der Waals surface area (Å²) in [4.78, 5) is 17.5. The number of hydrogen-bond donors (Lipinski definition) is 0. The summed E-state index contributed by atoms with van der Waals surface area (Å²) in [5.41, 5.74) is 2.73. The summed E-state index contributed by atoms with van der Waals surface area (Å²) >= 11 is 0. The van der Waals surface area contributed by atoms with Crippen molar-refractivity contribution in [2.45, 2.75) is 64.6 Å². The van der Waals surface area contributed by atoms with E-state index in [-0.39, 0.29) is 23.3 Å².